The normalized spacial score (nSPS) is 41.1. The molecular formula is C29H49NO3. The molecule has 33 heavy (non-hydrogen) atoms. The third-order valence-corrected chi connectivity index (χ3v) is 10.7. The zero-order valence-corrected chi connectivity index (χ0v) is 22.1. The Hall–Kier alpha value is -0.870. The Morgan fingerprint density at radius 1 is 1.15 bits per heavy atom. The minimum Gasteiger partial charge on any atom is -0.393 e. The Kier molecular flexibility index (Phi) is 7.37. The van der Waals surface area contributed by atoms with Crippen LogP contribution in [0.25, 0.3) is 0 Å². The van der Waals surface area contributed by atoms with Gasteiger partial charge in [-0.3, -0.25) is 9.63 Å². The van der Waals surface area contributed by atoms with Crippen molar-refractivity contribution in [3.8, 4) is 0 Å². The van der Waals surface area contributed by atoms with E-state index < -0.39 is 0 Å². The van der Waals surface area contributed by atoms with Gasteiger partial charge in [0.05, 0.1) is 19.8 Å². The Balaban J connectivity index is 1.42. The SMILES string of the molecule is CON(CC(C)C)C(=O)CCC(C)[C@H]1CC[C@H]2[C@@H]3CC=C4C[C@@H](O)CC[C@]4(C)[C@H]3CC[C@]12C. The summed E-state index contributed by atoms with van der Waals surface area (Å²) in [5.41, 5.74) is 2.30. The van der Waals surface area contributed by atoms with Crippen LogP contribution in [0.1, 0.15) is 98.8 Å². The van der Waals surface area contributed by atoms with Crippen molar-refractivity contribution >= 4 is 5.91 Å². The van der Waals surface area contributed by atoms with Crippen LogP contribution in [0.15, 0.2) is 11.6 Å². The number of nitrogens with zero attached hydrogens (tertiary/aromatic N) is 1. The maximum Gasteiger partial charge on any atom is 0.246 e. The minimum atomic E-state index is -0.122. The number of carbonyl (C=O) groups excluding carboxylic acids is 1. The Labute approximate surface area is 202 Å². The Bertz CT molecular complexity index is 747. The predicted molar refractivity (Wildman–Crippen MR) is 133 cm³/mol. The number of hydrogen-bond donors (Lipinski definition) is 1. The van der Waals surface area contributed by atoms with Gasteiger partial charge in [-0.15, -0.1) is 0 Å². The van der Waals surface area contributed by atoms with Gasteiger partial charge in [-0.25, -0.2) is 5.06 Å². The number of amides is 1. The fourth-order valence-corrected chi connectivity index (χ4v) is 8.90. The summed E-state index contributed by atoms with van der Waals surface area (Å²) in [7, 11) is 1.61. The van der Waals surface area contributed by atoms with Crippen molar-refractivity contribution in [3.05, 3.63) is 11.6 Å². The summed E-state index contributed by atoms with van der Waals surface area (Å²) < 4.78 is 0. The molecule has 0 aliphatic heterocycles. The van der Waals surface area contributed by atoms with Crippen molar-refractivity contribution in [2.45, 2.75) is 105 Å². The van der Waals surface area contributed by atoms with Gasteiger partial charge in [0.2, 0.25) is 5.91 Å². The van der Waals surface area contributed by atoms with Gasteiger partial charge in [0, 0.05) is 6.42 Å². The van der Waals surface area contributed by atoms with E-state index in [1.807, 2.05) is 0 Å². The molecule has 3 saturated carbocycles. The maximum absolute atomic E-state index is 12.7. The first-order chi connectivity index (χ1) is 15.6. The average Bonchev–Trinajstić information content (AvgIpc) is 3.13. The fourth-order valence-electron chi connectivity index (χ4n) is 8.90. The van der Waals surface area contributed by atoms with Crippen LogP contribution < -0.4 is 0 Å². The Morgan fingerprint density at radius 2 is 1.91 bits per heavy atom. The fraction of sp³-hybridized carbons (Fsp3) is 0.897. The van der Waals surface area contributed by atoms with Crippen molar-refractivity contribution in [3.63, 3.8) is 0 Å². The third kappa shape index (κ3) is 4.56. The van der Waals surface area contributed by atoms with Gasteiger partial charge in [0.25, 0.3) is 0 Å². The number of allylic oxidation sites excluding steroid dienone is 1. The quantitative estimate of drug-likeness (QED) is 0.354. The number of hydrogen-bond acceptors (Lipinski definition) is 3. The minimum absolute atomic E-state index is 0.122. The van der Waals surface area contributed by atoms with E-state index in [0.29, 0.717) is 35.6 Å². The number of fused-ring (bicyclic) bond motifs is 5. The zero-order valence-electron chi connectivity index (χ0n) is 22.1. The van der Waals surface area contributed by atoms with Crippen molar-refractivity contribution in [2.24, 2.45) is 46.3 Å². The average molecular weight is 460 g/mol. The molecule has 0 heterocycles. The largest absolute Gasteiger partial charge is 0.393 e. The first kappa shape index (κ1) is 25.2. The van der Waals surface area contributed by atoms with Gasteiger partial charge in [-0.2, -0.15) is 0 Å². The van der Waals surface area contributed by atoms with Crippen LogP contribution in [0, 0.1) is 46.3 Å². The number of aliphatic hydroxyl groups excluding tert-OH is 1. The van der Waals surface area contributed by atoms with E-state index in [2.05, 4.69) is 40.7 Å². The Morgan fingerprint density at radius 3 is 2.61 bits per heavy atom. The second-order valence-corrected chi connectivity index (χ2v) is 12.9. The van der Waals surface area contributed by atoms with Gasteiger partial charge in [-0.05, 0) is 104 Å². The van der Waals surface area contributed by atoms with Crippen molar-refractivity contribution in [2.75, 3.05) is 13.7 Å². The van der Waals surface area contributed by atoms with Gasteiger partial charge in [-0.1, -0.05) is 46.3 Å². The molecule has 0 aromatic heterocycles. The highest BCUT2D eigenvalue weighted by atomic mass is 16.7. The van der Waals surface area contributed by atoms with E-state index in [1.165, 1.54) is 38.5 Å². The predicted octanol–water partition coefficient (Wildman–Crippen LogP) is 6.39. The summed E-state index contributed by atoms with van der Waals surface area (Å²) in [6.45, 7) is 12.4. The van der Waals surface area contributed by atoms with Crippen LogP contribution in [0.4, 0.5) is 0 Å². The van der Waals surface area contributed by atoms with E-state index in [4.69, 9.17) is 4.84 Å². The second-order valence-electron chi connectivity index (χ2n) is 12.9. The summed E-state index contributed by atoms with van der Waals surface area (Å²) in [6.07, 6.45) is 13.6. The maximum atomic E-state index is 12.7. The van der Waals surface area contributed by atoms with Crippen molar-refractivity contribution < 1.29 is 14.7 Å². The molecule has 188 valence electrons. The van der Waals surface area contributed by atoms with Gasteiger partial charge < -0.3 is 5.11 Å². The molecule has 4 heteroatoms. The highest BCUT2D eigenvalue weighted by Crippen LogP contribution is 2.67. The topological polar surface area (TPSA) is 49.8 Å². The summed E-state index contributed by atoms with van der Waals surface area (Å²) in [6, 6.07) is 0. The van der Waals surface area contributed by atoms with Crippen LogP contribution in [0.2, 0.25) is 0 Å². The molecule has 0 bridgehead atoms. The number of hydroxylamine groups is 2. The molecule has 0 spiro atoms. The molecule has 4 aliphatic rings. The van der Waals surface area contributed by atoms with Crippen LogP contribution in [0.3, 0.4) is 0 Å². The molecule has 0 saturated heterocycles. The monoisotopic (exact) mass is 459 g/mol. The molecule has 4 rings (SSSR count). The van der Waals surface area contributed by atoms with E-state index in [0.717, 1.165) is 42.9 Å². The molecule has 0 radical (unpaired) electrons. The lowest BCUT2D eigenvalue weighted by Gasteiger charge is -2.58. The summed E-state index contributed by atoms with van der Waals surface area (Å²) >= 11 is 0. The van der Waals surface area contributed by atoms with Gasteiger partial charge in [0.15, 0.2) is 0 Å². The van der Waals surface area contributed by atoms with Gasteiger partial charge >= 0.3 is 0 Å². The van der Waals surface area contributed by atoms with E-state index in [-0.39, 0.29) is 12.0 Å². The lowest BCUT2D eigenvalue weighted by atomic mass is 9.47. The highest BCUT2D eigenvalue weighted by molar-refractivity contribution is 5.75. The van der Waals surface area contributed by atoms with Crippen LogP contribution in [-0.4, -0.2) is 35.8 Å². The first-order valence-electron chi connectivity index (χ1n) is 13.8. The van der Waals surface area contributed by atoms with Crippen molar-refractivity contribution in [1.82, 2.24) is 5.06 Å². The molecule has 0 aromatic rings. The first-order valence-corrected chi connectivity index (χ1v) is 13.8. The molecule has 4 aliphatic carbocycles. The molecule has 3 fully saturated rings. The number of aliphatic hydroxyl groups is 1. The lowest BCUT2D eigenvalue weighted by Crippen LogP contribution is -2.50. The van der Waals surface area contributed by atoms with Crippen LogP contribution in [0.5, 0.6) is 0 Å². The smallest absolute Gasteiger partial charge is 0.246 e. The molecule has 1 amide bonds. The van der Waals surface area contributed by atoms with Crippen LogP contribution >= 0.6 is 0 Å². The van der Waals surface area contributed by atoms with E-state index in [1.54, 1.807) is 17.7 Å². The van der Waals surface area contributed by atoms with Crippen molar-refractivity contribution in [1.29, 1.82) is 0 Å². The highest BCUT2D eigenvalue weighted by Gasteiger charge is 2.59. The lowest BCUT2D eigenvalue weighted by molar-refractivity contribution is -0.179. The second kappa shape index (κ2) is 9.64. The van der Waals surface area contributed by atoms with Gasteiger partial charge in [0.1, 0.15) is 0 Å². The number of carbonyl (C=O) groups is 1. The zero-order chi connectivity index (χ0) is 24.0. The third-order valence-electron chi connectivity index (χ3n) is 10.7. The molecule has 1 N–H and O–H groups in total. The van der Waals surface area contributed by atoms with Crippen LogP contribution in [-0.2, 0) is 9.63 Å². The van der Waals surface area contributed by atoms with E-state index >= 15 is 0 Å². The van der Waals surface area contributed by atoms with E-state index in [9.17, 15) is 9.90 Å². The molecule has 8 atom stereocenters. The summed E-state index contributed by atoms with van der Waals surface area (Å²) in [5.74, 6) is 4.27. The summed E-state index contributed by atoms with van der Waals surface area (Å²) in [5, 5.41) is 11.8. The molecular weight excluding hydrogens is 410 g/mol. The summed E-state index contributed by atoms with van der Waals surface area (Å²) in [4.78, 5) is 18.1. The molecule has 4 nitrogen and oxygen atoms in total. The molecule has 0 aromatic carbocycles. The molecule has 1 unspecified atom stereocenters. The number of rotatable bonds is 7. The standard InChI is InChI=1S/C29H49NO3/c1-19(2)18-30(33-6)27(32)12-7-20(3)24-10-11-25-23-9-8-21-17-22(31)13-15-28(21,4)26(23)14-16-29(24,25)5/h8,19-20,22-26,31H,7,9-18H2,1-6H3/t20?,22-,23-,24+,25-,26-,28-,29+/m0/s1.